The Kier molecular flexibility index (Phi) is 7.41. The number of carbonyl (C=O) groups excluding carboxylic acids is 1. The molecule has 27 heavy (non-hydrogen) atoms. The molecule has 1 fully saturated rings. The van der Waals surface area contributed by atoms with E-state index in [0.29, 0.717) is 13.1 Å². The number of thiophene rings is 1. The predicted molar refractivity (Wildman–Crippen MR) is 114 cm³/mol. The molecule has 1 saturated heterocycles. The molecular weight excluding hydrogens is 401 g/mol. The number of likely N-dealkylation sites (tertiary alicyclic amines) is 1. The molecule has 0 atom stereocenters. The molecule has 1 aliphatic rings. The van der Waals surface area contributed by atoms with Crippen molar-refractivity contribution >= 4 is 40.6 Å². The molecule has 1 aromatic carbocycles. The van der Waals surface area contributed by atoms with Gasteiger partial charge in [-0.05, 0) is 49.6 Å². The largest absolute Gasteiger partial charge is 0.335 e. The maximum absolute atomic E-state index is 12.6. The summed E-state index contributed by atoms with van der Waals surface area (Å²) in [7, 11) is 0. The van der Waals surface area contributed by atoms with Crippen molar-refractivity contribution in [1.29, 1.82) is 0 Å². The number of urea groups is 1. The lowest BCUT2D eigenvalue weighted by Crippen LogP contribution is -2.48. The van der Waals surface area contributed by atoms with Crippen LogP contribution in [-0.2, 0) is 13.1 Å². The second-order valence-electron chi connectivity index (χ2n) is 6.85. The van der Waals surface area contributed by atoms with Crippen molar-refractivity contribution in [1.82, 2.24) is 15.1 Å². The Hall–Kier alpha value is -1.27. The van der Waals surface area contributed by atoms with Crippen LogP contribution in [0.2, 0.25) is 9.36 Å². The third-order valence-corrected chi connectivity index (χ3v) is 6.35. The molecule has 2 amide bonds. The second-order valence-corrected chi connectivity index (χ2v) is 9.08. The van der Waals surface area contributed by atoms with Crippen molar-refractivity contribution < 1.29 is 4.79 Å². The summed E-state index contributed by atoms with van der Waals surface area (Å²) in [6.07, 6.45) is 1.95. The molecule has 4 nitrogen and oxygen atoms in total. The monoisotopic (exact) mass is 425 g/mol. The Labute approximate surface area is 175 Å². The van der Waals surface area contributed by atoms with Crippen LogP contribution < -0.4 is 5.32 Å². The molecule has 7 heteroatoms. The first-order chi connectivity index (χ1) is 13.0. The van der Waals surface area contributed by atoms with Gasteiger partial charge in [0.15, 0.2) is 0 Å². The summed E-state index contributed by atoms with van der Waals surface area (Å²) in [5.74, 6) is 0. The van der Waals surface area contributed by atoms with Gasteiger partial charge in [-0.3, -0.25) is 4.90 Å². The summed E-state index contributed by atoms with van der Waals surface area (Å²) >= 11 is 13.5. The number of nitrogens with zero attached hydrogens (tertiary/aromatic N) is 2. The lowest BCUT2D eigenvalue weighted by molar-refractivity contribution is 0.169. The van der Waals surface area contributed by atoms with E-state index in [0.717, 1.165) is 46.7 Å². The number of nitrogens with one attached hydrogen (secondary N) is 1. The number of benzene rings is 1. The fourth-order valence-electron chi connectivity index (χ4n) is 3.30. The van der Waals surface area contributed by atoms with E-state index in [-0.39, 0.29) is 12.1 Å². The SMILES string of the molecule is CCN(Cc1ccc(Cl)s1)C(=O)NC1CCN(Cc2ccc(Cl)cc2)CC1. The average molecular weight is 426 g/mol. The van der Waals surface area contributed by atoms with Gasteiger partial charge in [-0.15, -0.1) is 11.3 Å². The number of rotatable bonds is 6. The van der Waals surface area contributed by atoms with Gasteiger partial charge in [-0.25, -0.2) is 4.79 Å². The van der Waals surface area contributed by atoms with Crippen LogP contribution in [0.5, 0.6) is 0 Å². The molecule has 0 bridgehead atoms. The minimum absolute atomic E-state index is 0.0122. The summed E-state index contributed by atoms with van der Waals surface area (Å²) in [4.78, 5) is 18.0. The number of amides is 2. The fourth-order valence-corrected chi connectivity index (χ4v) is 4.53. The number of hydrogen-bond donors (Lipinski definition) is 1. The molecule has 1 aliphatic heterocycles. The topological polar surface area (TPSA) is 35.6 Å². The number of halogens is 2. The van der Waals surface area contributed by atoms with Crippen LogP contribution in [0, 0.1) is 0 Å². The zero-order chi connectivity index (χ0) is 19.2. The van der Waals surface area contributed by atoms with Crippen molar-refractivity contribution in [3.8, 4) is 0 Å². The van der Waals surface area contributed by atoms with Crippen LogP contribution in [0.1, 0.15) is 30.2 Å². The van der Waals surface area contributed by atoms with Crippen molar-refractivity contribution in [3.05, 3.63) is 56.2 Å². The van der Waals surface area contributed by atoms with E-state index < -0.39 is 0 Å². The zero-order valence-corrected chi connectivity index (χ0v) is 17.8. The minimum atomic E-state index is 0.0122. The number of hydrogen-bond acceptors (Lipinski definition) is 3. The summed E-state index contributed by atoms with van der Waals surface area (Å²) in [6.45, 7) is 6.19. The first-order valence-corrected chi connectivity index (χ1v) is 10.9. The first-order valence-electron chi connectivity index (χ1n) is 9.30. The van der Waals surface area contributed by atoms with Gasteiger partial charge in [0.05, 0.1) is 10.9 Å². The Morgan fingerprint density at radius 2 is 1.89 bits per heavy atom. The van der Waals surface area contributed by atoms with Gasteiger partial charge in [0, 0.05) is 42.1 Å². The molecule has 1 N–H and O–H groups in total. The van der Waals surface area contributed by atoms with Gasteiger partial charge in [-0.1, -0.05) is 35.3 Å². The summed E-state index contributed by atoms with van der Waals surface area (Å²) < 4.78 is 0.759. The molecule has 0 aliphatic carbocycles. The molecule has 0 radical (unpaired) electrons. The third kappa shape index (κ3) is 6.11. The Balaban J connectivity index is 1.44. The maximum atomic E-state index is 12.6. The molecule has 2 heterocycles. The van der Waals surface area contributed by atoms with E-state index >= 15 is 0 Å². The van der Waals surface area contributed by atoms with Crippen LogP contribution in [-0.4, -0.2) is 41.5 Å². The molecule has 0 spiro atoms. The van der Waals surface area contributed by atoms with E-state index in [1.807, 2.05) is 36.1 Å². The zero-order valence-electron chi connectivity index (χ0n) is 15.5. The van der Waals surface area contributed by atoms with E-state index in [1.165, 1.54) is 16.9 Å². The summed E-state index contributed by atoms with van der Waals surface area (Å²) in [5.41, 5.74) is 1.27. The van der Waals surface area contributed by atoms with Crippen LogP contribution in [0.25, 0.3) is 0 Å². The van der Waals surface area contributed by atoms with Crippen molar-refractivity contribution in [3.63, 3.8) is 0 Å². The molecular formula is C20H25Cl2N3OS. The Bertz CT molecular complexity index is 742. The molecule has 0 saturated carbocycles. The maximum Gasteiger partial charge on any atom is 0.317 e. The molecule has 146 valence electrons. The van der Waals surface area contributed by atoms with E-state index in [1.54, 1.807) is 0 Å². The quantitative estimate of drug-likeness (QED) is 0.685. The van der Waals surface area contributed by atoms with Gasteiger partial charge in [-0.2, -0.15) is 0 Å². The van der Waals surface area contributed by atoms with Crippen LogP contribution in [0.3, 0.4) is 0 Å². The first kappa shape index (κ1) is 20.5. The third-order valence-electron chi connectivity index (χ3n) is 4.88. The second kappa shape index (κ2) is 9.78. The lowest BCUT2D eigenvalue weighted by atomic mass is 10.0. The van der Waals surface area contributed by atoms with Gasteiger partial charge in [0.2, 0.25) is 0 Å². The lowest BCUT2D eigenvalue weighted by Gasteiger charge is -2.33. The van der Waals surface area contributed by atoms with Crippen LogP contribution in [0.4, 0.5) is 4.79 Å². The van der Waals surface area contributed by atoms with E-state index in [4.69, 9.17) is 23.2 Å². The highest BCUT2D eigenvalue weighted by Gasteiger charge is 2.23. The molecule has 1 aromatic heterocycles. The van der Waals surface area contributed by atoms with Crippen LogP contribution >= 0.6 is 34.5 Å². The highest BCUT2D eigenvalue weighted by atomic mass is 35.5. The van der Waals surface area contributed by atoms with Gasteiger partial charge < -0.3 is 10.2 Å². The van der Waals surface area contributed by atoms with Crippen molar-refractivity contribution in [2.45, 2.75) is 38.9 Å². The number of carbonyl (C=O) groups is 1. The average Bonchev–Trinajstić information content (AvgIpc) is 3.08. The highest BCUT2D eigenvalue weighted by Crippen LogP contribution is 2.23. The van der Waals surface area contributed by atoms with Crippen molar-refractivity contribution in [2.24, 2.45) is 0 Å². The fraction of sp³-hybridized carbons (Fsp3) is 0.450. The highest BCUT2D eigenvalue weighted by molar-refractivity contribution is 7.16. The predicted octanol–water partition coefficient (Wildman–Crippen LogP) is 5.25. The normalized spacial score (nSPS) is 15.7. The van der Waals surface area contributed by atoms with Crippen LogP contribution in [0.15, 0.2) is 36.4 Å². The van der Waals surface area contributed by atoms with E-state index in [2.05, 4.69) is 22.3 Å². The molecule has 0 unspecified atom stereocenters. The van der Waals surface area contributed by atoms with Gasteiger partial charge in [0.1, 0.15) is 0 Å². The Morgan fingerprint density at radius 3 is 2.48 bits per heavy atom. The van der Waals surface area contributed by atoms with E-state index in [9.17, 15) is 4.79 Å². The smallest absolute Gasteiger partial charge is 0.317 e. The van der Waals surface area contributed by atoms with Gasteiger partial charge >= 0.3 is 6.03 Å². The number of piperidine rings is 1. The van der Waals surface area contributed by atoms with Crippen molar-refractivity contribution in [2.75, 3.05) is 19.6 Å². The standard InChI is InChI=1S/C20H25Cl2N3OS/c1-2-25(14-18-7-8-19(22)27-18)20(26)23-17-9-11-24(12-10-17)13-15-3-5-16(21)6-4-15/h3-8,17H,2,9-14H2,1H3,(H,23,26). The minimum Gasteiger partial charge on any atom is -0.335 e. The summed E-state index contributed by atoms with van der Waals surface area (Å²) in [5, 5.41) is 3.97. The molecule has 3 rings (SSSR count). The molecule has 2 aromatic rings. The Morgan fingerprint density at radius 1 is 1.19 bits per heavy atom. The van der Waals surface area contributed by atoms with Gasteiger partial charge in [0.25, 0.3) is 0 Å². The summed E-state index contributed by atoms with van der Waals surface area (Å²) in [6, 6.07) is 12.1.